The van der Waals surface area contributed by atoms with Crippen LogP contribution in [0.4, 0.5) is 0 Å². The van der Waals surface area contributed by atoms with Crippen LogP contribution in [-0.4, -0.2) is 28.3 Å². The Kier molecular flexibility index (Phi) is 2.39. The Morgan fingerprint density at radius 3 is 2.42 bits per heavy atom. The van der Waals surface area contributed by atoms with Gasteiger partial charge in [-0.1, -0.05) is 6.92 Å². The highest BCUT2D eigenvalue weighted by atomic mass is 16.3. The molecule has 1 amide bonds. The Morgan fingerprint density at radius 2 is 2.25 bits per heavy atom. The maximum atomic E-state index is 11.1. The third kappa shape index (κ3) is 1.11. The van der Waals surface area contributed by atoms with Gasteiger partial charge in [0.2, 0.25) is 5.91 Å². The zero-order valence-electron chi connectivity index (χ0n) is 7.16. The van der Waals surface area contributed by atoms with Crippen molar-refractivity contribution in [2.24, 2.45) is 11.1 Å². The van der Waals surface area contributed by atoms with Crippen molar-refractivity contribution in [3.63, 3.8) is 0 Å². The van der Waals surface area contributed by atoms with E-state index in [2.05, 4.69) is 0 Å². The van der Waals surface area contributed by atoms with E-state index in [1.54, 1.807) is 6.92 Å². The third-order valence-electron chi connectivity index (χ3n) is 2.94. The number of primary amides is 1. The lowest BCUT2D eigenvalue weighted by Gasteiger charge is -2.28. The van der Waals surface area contributed by atoms with E-state index in [4.69, 9.17) is 5.73 Å². The summed E-state index contributed by atoms with van der Waals surface area (Å²) in [6.45, 7) is 1.80. The van der Waals surface area contributed by atoms with Crippen molar-refractivity contribution in [3.8, 4) is 0 Å². The third-order valence-corrected chi connectivity index (χ3v) is 2.94. The number of rotatable bonds is 2. The van der Waals surface area contributed by atoms with Gasteiger partial charge < -0.3 is 15.9 Å². The van der Waals surface area contributed by atoms with Crippen molar-refractivity contribution in [3.05, 3.63) is 0 Å². The minimum atomic E-state index is -0.986. The summed E-state index contributed by atoms with van der Waals surface area (Å²) >= 11 is 0. The largest absolute Gasteiger partial charge is 0.390 e. The minimum Gasteiger partial charge on any atom is -0.390 e. The predicted octanol–water partition coefficient (Wildman–Crippen LogP) is -0.616. The second-order valence-electron chi connectivity index (χ2n) is 3.42. The lowest BCUT2D eigenvalue weighted by atomic mass is 9.80. The van der Waals surface area contributed by atoms with Crippen LogP contribution in [0.15, 0.2) is 0 Å². The molecule has 3 atom stereocenters. The number of nitrogens with two attached hydrogens (primary N) is 1. The van der Waals surface area contributed by atoms with Crippen LogP contribution in [0.1, 0.15) is 26.2 Å². The van der Waals surface area contributed by atoms with Crippen molar-refractivity contribution >= 4 is 5.91 Å². The molecule has 1 rings (SSSR count). The Balaban J connectivity index is 2.88. The van der Waals surface area contributed by atoms with Crippen LogP contribution >= 0.6 is 0 Å². The predicted molar refractivity (Wildman–Crippen MR) is 43.2 cm³/mol. The summed E-state index contributed by atoms with van der Waals surface area (Å²) in [6, 6.07) is 0. The molecule has 3 unspecified atom stereocenters. The summed E-state index contributed by atoms with van der Waals surface area (Å²) in [5.41, 5.74) is 4.30. The van der Waals surface area contributed by atoms with Crippen LogP contribution in [0.25, 0.3) is 0 Å². The number of amides is 1. The SMILES string of the molecule is CCC1(C(N)=O)CCC(O)C1O. The molecule has 1 saturated carbocycles. The summed E-state index contributed by atoms with van der Waals surface area (Å²) < 4.78 is 0. The van der Waals surface area contributed by atoms with Gasteiger partial charge in [0, 0.05) is 0 Å². The highest BCUT2D eigenvalue weighted by molar-refractivity contribution is 5.82. The summed E-state index contributed by atoms with van der Waals surface area (Å²) in [4.78, 5) is 11.1. The van der Waals surface area contributed by atoms with Gasteiger partial charge in [-0.25, -0.2) is 0 Å². The highest BCUT2D eigenvalue weighted by Crippen LogP contribution is 2.40. The van der Waals surface area contributed by atoms with E-state index in [9.17, 15) is 15.0 Å². The molecular weight excluding hydrogens is 158 g/mol. The molecule has 0 aromatic carbocycles. The quantitative estimate of drug-likeness (QED) is 0.520. The summed E-state index contributed by atoms with van der Waals surface area (Å²) in [5.74, 6) is -0.506. The van der Waals surface area contributed by atoms with Crippen molar-refractivity contribution in [2.75, 3.05) is 0 Å². The number of aliphatic hydroxyl groups excluding tert-OH is 2. The Bertz CT molecular complexity index is 195. The molecule has 0 aromatic heterocycles. The van der Waals surface area contributed by atoms with Crippen LogP contribution in [-0.2, 0) is 4.79 Å². The molecule has 4 heteroatoms. The van der Waals surface area contributed by atoms with Crippen molar-refractivity contribution < 1.29 is 15.0 Å². The van der Waals surface area contributed by atoms with E-state index in [1.165, 1.54) is 0 Å². The second kappa shape index (κ2) is 3.03. The first kappa shape index (κ1) is 9.48. The van der Waals surface area contributed by atoms with Crippen LogP contribution in [0.5, 0.6) is 0 Å². The van der Waals surface area contributed by atoms with Gasteiger partial charge in [0.05, 0.1) is 17.6 Å². The fraction of sp³-hybridized carbons (Fsp3) is 0.875. The van der Waals surface area contributed by atoms with E-state index >= 15 is 0 Å². The lowest BCUT2D eigenvalue weighted by molar-refractivity contribution is -0.135. The number of hydrogen-bond donors (Lipinski definition) is 3. The zero-order valence-corrected chi connectivity index (χ0v) is 7.16. The van der Waals surface area contributed by atoms with Gasteiger partial charge >= 0.3 is 0 Å². The zero-order chi connectivity index (χ0) is 9.35. The van der Waals surface area contributed by atoms with Gasteiger partial charge in [-0.3, -0.25) is 4.79 Å². The van der Waals surface area contributed by atoms with Crippen LogP contribution in [0.2, 0.25) is 0 Å². The minimum absolute atomic E-state index is 0.456. The first-order valence-electron chi connectivity index (χ1n) is 4.20. The molecule has 4 N–H and O–H groups in total. The molecule has 0 saturated heterocycles. The second-order valence-corrected chi connectivity index (χ2v) is 3.42. The molecule has 1 aliphatic rings. The van der Waals surface area contributed by atoms with Crippen LogP contribution in [0, 0.1) is 5.41 Å². The molecule has 0 aliphatic heterocycles. The lowest BCUT2D eigenvalue weighted by Crippen LogP contribution is -2.45. The first-order valence-corrected chi connectivity index (χ1v) is 4.20. The van der Waals surface area contributed by atoms with Gasteiger partial charge in [-0.2, -0.15) is 0 Å². The van der Waals surface area contributed by atoms with Gasteiger partial charge in [0.15, 0.2) is 0 Å². The first-order chi connectivity index (χ1) is 5.54. The standard InChI is InChI=1S/C8H15NO3/c1-2-8(7(9)12)4-3-5(10)6(8)11/h5-6,10-11H,2-4H2,1H3,(H2,9,12). The smallest absolute Gasteiger partial charge is 0.226 e. The fourth-order valence-electron chi connectivity index (χ4n) is 1.91. The molecule has 0 aromatic rings. The molecule has 12 heavy (non-hydrogen) atoms. The molecule has 70 valence electrons. The molecule has 0 spiro atoms. The average Bonchev–Trinajstić information content (AvgIpc) is 2.31. The van der Waals surface area contributed by atoms with Crippen LogP contribution in [0.3, 0.4) is 0 Å². The van der Waals surface area contributed by atoms with Crippen LogP contribution < -0.4 is 5.73 Å². The molecule has 0 bridgehead atoms. The number of carbonyl (C=O) groups excluding carboxylic acids is 1. The van der Waals surface area contributed by atoms with Gasteiger partial charge in [0.1, 0.15) is 0 Å². The number of aliphatic hydroxyl groups is 2. The molecule has 0 heterocycles. The van der Waals surface area contributed by atoms with Crippen molar-refractivity contribution in [1.29, 1.82) is 0 Å². The number of hydrogen-bond acceptors (Lipinski definition) is 3. The molecule has 1 aliphatic carbocycles. The Labute approximate surface area is 71.4 Å². The van der Waals surface area contributed by atoms with Gasteiger partial charge in [0.25, 0.3) is 0 Å². The molecule has 0 radical (unpaired) electrons. The fourth-order valence-corrected chi connectivity index (χ4v) is 1.91. The van der Waals surface area contributed by atoms with E-state index in [0.29, 0.717) is 19.3 Å². The van der Waals surface area contributed by atoms with Crippen molar-refractivity contribution in [1.82, 2.24) is 0 Å². The normalized spacial score (nSPS) is 41.6. The van der Waals surface area contributed by atoms with Crippen molar-refractivity contribution in [2.45, 2.75) is 38.4 Å². The van der Waals surface area contributed by atoms with E-state index in [0.717, 1.165) is 0 Å². The number of carbonyl (C=O) groups is 1. The van der Waals surface area contributed by atoms with E-state index in [-0.39, 0.29) is 0 Å². The Hall–Kier alpha value is -0.610. The maximum Gasteiger partial charge on any atom is 0.226 e. The Morgan fingerprint density at radius 1 is 1.67 bits per heavy atom. The molecular formula is C8H15NO3. The molecule has 1 fully saturated rings. The molecule has 4 nitrogen and oxygen atoms in total. The van der Waals surface area contributed by atoms with Gasteiger partial charge in [-0.15, -0.1) is 0 Å². The maximum absolute atomic E-state index is 11.1. The van der Waals surface area contributed by atoms with Gasteiger partial charge in [-0.05, 0) is 19.3 Å². The monoisotopic (exact) mass is 173 g/mol. The summed E-state index contributed by atoms with van der Waals surface area (Å²) in [6.07, 6.45) is -0.350. The highest BCUT2D eigenvalue weighted by Gasteiger charge is 2.50. The topological polar surface area (TPSA) is 83.6 Å². The van der Waals surface area contributed by atoms with E-state index < -0.39 is 23.5 Å². The average molecular weight is 173 g/mol. The van der Waals surface area contributed by atoms with E-state index in [1.807, 2.05) is 0 Å². The summed E-state index contributed by atoms with van der Waals surface area (Å²) in [5, 5.41) is 18.8. The summed E-state index contributed by atoms with van der Waals surface area (Å²) in [7, 11) is 0.